The number of hydrogen-bond acceptors (Lipinski definition) is 6. The molecule has 1 N–H and O–H groups in total. The van der Waals surface area contributed by atoms with E-state index in [1.165, 1.54) is 27.1 Å². The maximum Gasteiger partial charge on any atom is 0.262 e. The lowest BCUT2D eigenvalue weighted by molar-refractivity contribution is -0.116. The highest BCUT2D eigenvalue weighted by Crippen LogP contribution is 2.35. The topological polar surface area (TPSA) is 87.8 Å². The van der Waals surface area contributed by atoms with Crippen LogP contribution in [0.3, 0.4) is 0 Å². The van der Waals surface area contributed by atoms with Gasteiger partial charge in [0.05, 0.1) is 17.3 Å². The molecule has 3 heterocycles. The maximum absolute atomic E-state index is 12.9. The maximum atomic E-state index is 12.9. The lowest BCUT2D eigenvalue weighted by Crippen LogP contribution is -2.28. The molecule has 1 aliphatic rings. The second-order valence-electron chi connectivity index (χ2n) is 6.53. The summed E-state index contributed by atoms with van der Waals surface area (Å²) in [5, 5.41) is 14.6. The Balaban J connectivity index is 1.63. The fourth-order valence-corrected chi connectivity index (χ4v) is 5.39. The predicted octanol–water partition coefficient (Wildman–Crippen LogP) is 3.15. The number of amides is 1. The second-order valence-corrected chi connectivity index (χ2v) is 8.53. The van der Waals surface area contributed by atoms with Crippen LogP contribution in [0.5, 0.6) is 0 Å². The normalized spacial score (nSPS) is 16.2. The van der Waals surface area contributed by atoms with Crippen molar-refractivity contribution in [2.45, 2.75) is 32.7 Å². The van der Waals surface area contributed by atoms with E-state index in [0.29, 0.717) is 21.9 Å². The Bertz CT molecular complexity index is 1100. The standard InChI is InChI=1S/C18H16N4O2S2/c1-10-2-3-12-13(6-10)26-17-15(12)18(24)22(9-20-17)8-14(23)21-16-11(7-19)4-5-25-16/h4-5,9-10H,2-3,6,8H2,1H3,(H,21,23). The number of fused-ring (bicyclic) bond motifs is 3. The zero-order valence-corrected chi connectivity index (χ0v) is 15.7. The highest BCUT2D eigenvalue weighted by atomic mass is 32.1. The molecule has 6 nitrogen and oxygen atoms in total. The summed E-state index contributed by atoms with van der Waals surface area (Å²) in [4.78, 5) is 31.6. The van der Waals surface area contributed by atoms with Gasteiger partial charge in [-0.25, -0.2) is 4.98 Å². The van der Waals surface area contributed by atoms with E-state index in [4.69, 9.17) is 5.26 Å². The zero-order valence-electron chi connectivity index (χ0n) is 14.1. The number of aryl methyl sites for hydroxylation is 1. The third-order valence-corrected chi connectivity index (χ3v) is 6.63. The van der Waals surface area contributed by atoms with E-state index in [1.807, 2.05) is 6.07 Å². The van der Waals surface area contributed by atoms with Crippen LogP contribution in [0.2, 0.25) is 0 Å². The number of thiophene rings is 2. The van der Waals surface area contributed by atoms with Crippen LogP contribution in [0.15, 0.2) is 22.6 Å². The molecule has 0 radical (unpaired) electrons. The first-order valence-electron chi connectivity index (χ1n) is 8.34. The third kappa shape index (κ3) is 2.93. The molecule has 0 saturated heterocycles. The lowest BCUT2D eigenvalue weighted by Gasteiger charge is -2.17. The average molecular weight is 384 g/mol. The number of nitrogens with zero attached hydrogens (tertiary/aromatic N) is 3. The van der Waals surface area contributed by atoms with Crippen molar-refractivity contribution in [1.29, 1.82) is 5.26 Å². The minimum absolute atomic E-state index is 0.119. The van der Waals surface area contributed by atoms with E-state index in [9.17, 15) is 9.59 Å². The van der Waals surface area contributed by atoms with Crippen LogP contribution in [-0.4, -0.2) is 15.5 Å². The molecule has 0 aromatic carbocycles. The number of hydrogen-bond donors (Lipinski definition) is 1. The van der Waals surface area contributed by atoms with Crippen molar-refractivity contribution in [3.63, 3.8) is 0 Å². The molecule has 0 fully saturated rings. The van der Waals surface area contributed by atoms with E-state index in [0.717, 1.165) is 29.7 Å². The largest absolute Gasteiger partial charge is 0.315 e. The highest BCUT2D eigenvalue weighted by molar-refractivity contribution is 7.18. The summed E-state index contributed by atoms with van der Waals surface area (Å²) in [5.41, 5.74) is 1.37. The summed E-state index contributed by atoms with van der Waals surface area (Å²) in [6.45, 7) is 2.11. The Labute approximate surface area is 157 Å². The number of carbonyl (C=O) groups is 1. The minimum atomic E-state index is -0.343. The molecule has 3 aromatic rings. The fourth-order valence-electron chi connectivity index (χ4n) is 3.29. The van der Waals surface area contributed by atoms with Gasteiger partial charge in [-0.2, -0.15) is 5.26 Å². The summed E-state index contributed by atoms with van der Waals surface area (Å²) in [6.07, 6.45) is 4.40. The molecule has 1 atom stereocenters. The molecule has 3 aromatic heterocycles. The van der Waals surface area contributed by atoms with E-state index in [1.54, 1.807) is 22.8 Å². The Kier molecular flexibility index (Phi) is 4.34. The first-order chi connectivity index (χ1) is 12.6. The molecule has 0 aliphatic heterocycles. The quantitative estimate of drug-likeness (QED) is 0.751. The first-order valence-corrected chi connectivity index (χ1v) is 10.0. The number of aromatic nitrogens is 2. The van der Waals surface area contributed by atoms with Crippen molar-refractivity contribution in [3.8, 4) is 6.07 Å². The molecule has 0 saturated carbocycles. The van der Waals surface area contributed by atoms with Crippen LogP contribution in [0, 0.1) is 17.2 Å². The first kappa shape index (κ1) is 16.9. The highest BCUT2D eigenvalue weighted by Gasteiger charge is 2.23. The van der Waals surface area contributed by atoms with Crippen LogP contribution >= 0.6 is 22.7 Å². The van der Waals surface area contributed by atoms with Gasteiger partial charge in [0.2, 0.25) is 5.91 Å². The van der Waals surface area contributed by atoms with E-state index >= 15 is 0 Å². The molecular formula is C18H16N4O2S2. The Morgan fingerprint density at radius 1 is 1.54 bits per heavy atom. The van der Waals surface area contributed by atoms with E-state index in [-0.39, 0.29) is 18.0 Å². The van der Waals surface area contributed by atoms with Crippen LogP contribution in [0.25, 0.3) is 10.2 Å². The summed E-state index contributed by atoms with van der Waals surface area (Å²) in [6, 6.07) is 3.68. The van der Waals surface area contributed by atoms with Crippen LogP contribution < -0.4 is 10.9 Å². The van der Waals surface area contributed by atoms with Gasteiger partial charge in [0.25, 0.3) is 5.56 Å². The van der Waals surface area contributed by atoms with Crippen molar-refractivity contribution in [2.75, 3.05) is 5.32 Å². The van der Waals surface area contributed by atoms with Crippen molar-refractivity contribution < 1.29 is 4.79 Å². The van der Waals surface area contributed by atoms with Crippen molar-refractivity contribution in [2.24, 2.45) is 5.92 Å². The molecule has 0 spiro atoms. The van der Waals surface area contributed by atoms with Crippen molar-refractivity contribution >= 4 is 43.8 Å². The molecule has 1 unspecified atom stereocenters. The Morgan fingerprint density at radius 3 is 3.19 bits per heavy atom. The molecule has 4 rings (SSSR count). The molecule has 26 heavy (non-hydrogen) atoms. The van der Waals surface area contributed by atoms with Crippen LogP contribution in [0.1, 0.15) is 29.3 Å². The number of anilines is 1. The Hall–Kier alpha value is -2.50. The molecule has 0 bridgehead atoms. The smallest absolute Gasteiger partial charge is 0.262 e. The summed E-state index contributed by atoms with van der Waals surface area (Å²) >= 11 is 2.88. The van der Waals surface area contributed by atoms with Gasteiger partial charge in [-0.05, 0) is 42.2 Å². The van der Waals surface area contributed by atoms with Gasteiger partial charge in [0.15, 0.2) is 0 Å². The van der Waals surface area contributed by atoms with Gasteiger partial charge in [-0.3, -0.25) is 14.2 Å². The monoisotopic (exact) mass is 384 g/mol. The number of nitriles is 1. The van der Waals surface area contributed by atoms with E-state index < -0.39 is 0 Å². The van der Waals surface area contributed by atoms with E-state index in [2.05, 4.69) is 17.2 Å². The summed E-state index contributed by atoms with van der Waals surface area (Å²) in [5.74, 6) is 0.286. The van der Waals surface area contributed by atoms with Gasteiger partial charge >= 0.3 is 0 Å². The van der Waals surface area contributed by atoms with Crippen molar-refractivity contribution in [1.82, 2.24) is 9.55 Å². The molecule has 1 amide bonds. The zero-order chi connectivity index (χ0) is 18.3. The second kappa shape index (κ2) is 6.67. The number of nitrogens with one attached hydrogen (secondary N) is 1. The summed E-state index contributed by atoms with van der Waals surface area (Å²) < 4.78 is 1.35. The van der Waals surface area contributed by atoms with Crippen LogP contribution in [0.4, 0.5) is 5.00 Å². The van der Waals surface area contributed by atoms with Gasteiger partial charge < -0.3 is 5.32 Å². The Morgan fingerprint density at radius 2 is 2.38 bits per heavy atom. The molecular weight excluding hydrogens is 368 g/mol. The minimum Gasteiger partial charge on any atom is -0.315 e. The van der Waals surface area contributed by atoms with Crippen LogP contribution in [-0.2, 0) is 24.2 Å². The fraction of sp³-hybridized carbons (Fsp3) is 0.333. The predicted molar refractivity (Wildman–Crippen MR) is 103 cm³/mol. The van der Waals surface area contributed by atoms with Gasteiger partial charge in [0, 0.05) is 4.88 Å². The number of rotatable bonds is 3. The van der Waals surface area contributed by atoms with Gasteiger partial charge in [-0.15, -0.1) is 22.7 Å². The molecule has 132 valence electrons. The SMILES string of the molecule is CC1CCc2c(sc3ncn(CC(=O)Nc4sccc4C#N)c(=O)c23)C1. The third-order valence-electron chi connectivity index (χ3n) is 4.63. The molecule has 8 heteroatoms. The lowest BCUT2D eigenvalue weighted by atomic mass is 9.89. The number of carbonyl (C=O) groups excluding carboxylic acids is 1. The van der Waals surface area contributed by atoms with Gasteiger partial charge in [-0.1, -0.05) is 6.92 Å². The van der Waals surface area contributed by atoms with Gasteiger partial charge in [0.1, 0.15) is 22.4 Å². The molecule has 1 aliphatic carbocycles. The summed E-state index contributed by atoms with van der Waals surface area (Å²) in [7, 11) is 0. The average Bonchev–Trinajstić information content (AvgIpc) is 3.20. The van der Waals surface area contributed by atoms with Crippen molar-refractivity contribution in [3.05, 3.63) is 44.1 Å².